The third-order valence-electron chi connectivity index (χ3n) is 3.61. The number of carbonyl (C=O) groups excluding carboxylic acids is 2. The molecular weight excluding hydrogens is 350 g/mol. The minimum atomic E-state index is -0.481. The summed E-state index contributed by atoms with van der Waals surface area (Å²) in [5.74, 6) is -0.0943. The zero-order chi connectivity index (χ0) is 19.2. The fourth-order valence-corrected chi connectivity index (χ4v) is 2.42. The van der Waals surface area contributed by atoms with Crippen LogP contribution in [0.2, 0.25) is 0 Å². The molecule has 0 saturated carbocycles. The van der Waals surface area contributed by atoms with Crippen molar-refractivity contribution in [2.75, 3.05) is 19.0 Å². The predicted octanol–water partition coefficient (Wildman–Crippen LogP) is 3.04. The van der Waals surface area contributed by atoms with Crippen LogP contribution in [0.5, 0.6) is 0 Å². The van der Waals surface area contributed by atoms with Crippen LogP contribution in [0.3, 0.4) is 0 Å². The minimum Gasteiger partial charge on any atom is -0.461 e. The topological polar surface area (TPSA) is 95.6 Å². The van der Waals surface area contributed by atoms with Crippen LogP contribution in [0.4, 0.5) is 5.69 Å². The highest BCUT2D eigenvalue weighted by Gasteiger charge is 2.13. The van der Waals surface area contributed by atoms with Crippen LogP contribution in [0.15, 0.2) is 53.1 Å². The molecule has 0 spiro atoms. The second-order valence-corrected chi connectivity index (χ2v) is 5.57. The molecule has 0 aliphatic rings. The van der Waals surface area contributed by atoms with Gasteiger partial charge in [0.05, 0.1) is 12.3 Å². The molecule has 0 unspecified atom stereocenters. The molecule has 8 heteroatoms. The van der Waals surface area contributed by atoms with Gasteiger partial charge in [0.1, 0.15) is 12.4 Å². The number of nitrogens with one attached hydrogen (secondary N) is 1. The molecule has 1 aromatic carbocycles. The van der Waals surface area contributed by atoms with Crippen molar-refractivity contribution in [2.45, 2.75) is 13.5 Å². The van der Waals surface area contributed by atoms with Gasteiger partial charge < -0.3 is 19.2 Å². The van der Waals surface area contributed by atoms with Crippen LogP contribution in [-0.4, -0.2) is 35.4 Å². The number of hydrogen-bond acceptors (Lipinski definition) is 6. The van der Waals surface area contributed by atoms with Gasteiger partial charge in [0.15, 0.2) is 11.5 Å². The molecule has 2 aromatic heterocycles. The normalized spacial score (nSPS) is 10.6. The Morgan fingerprint density at radius 1 is 1.22 bits per heavy atom. The second kappa shape index (κ2) is 8.33. The summed E-state index contributed by atoms with van der Waals surface area (Å²) in [5, 5.41) is 6.97. The van der Waals surface area contributed by atoms with Gasteiger partial charge in [0, 0.05) is 19.0 Å². The van der Waals surface area contributed by atoms with E-state index >= 15 is 0 Å². The quantitative estimate of drug-likeness (QED) is 0.643. The van der Waals surface area contributed by atoms with Crippen LogP contribution in [0.25, 0.3) is 5.69 Å². The smallest absolute Gasteiger partial charge is 0.358 e. The van der Waals surface area contributed by atoms with E-state index in [9.17, 15) is 9.59 Å². The lowest BCUT2D eigenvalue weighted by Gasteiger charge is -2.06. The number of methoxy groups -OCH3 is 1. The maximum absolute atomic E-state index is 12.3. The maximum atomic E-state index is 12.3. The number of carbonyl (C=O) groups is 2. The summed E-state index contributed by atoms with van der Waals surface area (Å²) in [4.78, 5) is 24.0. The maximum Gasteiger partial charge on any atom is 0.358 e. The number of hydrogen-bond donors (Lipinski definition) is 1. The first-order chi connectivity index (χ1) is 13.1. The molecule has 0 aliphatic carbocycles. The first-order valence-corrected chi connectivity index (χ1v) is 8.33. The molecule has 3 rings (SSSR count). The molecule has 1 amide bonds. The monoisotopic (exact) mass is 369 g/mol. The van der Waals surface area contributed by atoms with E-state index in [1.807, 2.05) is 0 Å². The van der Waals surface area contributed by atoms with Gasteiger partial charge in [-0.15, -0.1) is 0 Å². The van der Waals surface area contributed by atoms with Crippen LogP contribution in [-0.2, 0) is 16.1 Å². The third-order valence-corrected chi connectivity index (χ3v) is 3.61. The van der Waals surface area contributed by atoms with E-state index in [4.69, 9.17) is 13.9 Å². The lowest BCUT2D eigenvalue weighted by Crippen LogP contribution is -2.11. The fourth-order valence-electron chi connectivity index (χ4n) is 2.42. The molecule has 27 heavy (non-hydrogen) atoms. The van der Waals surface area contributed by atoms with Gasteiger partial charge in [-0.1, -0.05) is 6.07 Å². The third kappa shape index (κ3) is 4.42. The molecule has 8 nitrogen and oxygen atoms in total. The van der Waals surface area contributed by atoms with Gasteiger partial charge in [-0.3, -0.25) is 4.79 Å². The Kier molecular flexibility index (Phi) is 5.68. The number of aromatic nitrogens is 2. The number of furan rings is 1. The van der Waals surface area contributed by atoms with E-state index in [1.54, 1.807) is 62.7 Å². The summed E-state index contributed by atoms with van der Waals surface area (Å²) in [5.41, 5.74) is 1.46. The SMILES string of the molecule is CCOC(=O)c1ccn(-c2cccc(NC(=O)c3ccc(COC)o3)c2)n1. The number of ether oxygens (including phenoxy) is 2. The number of amides is 1. The van der Waals surface area contributed by atoms with E-state index in [1.165, 1.54) is 4.68 Å². The molecule has 3 aromatic rings. The summed E-state index contributed by atoms with van der Waals surface area (Å²) in [6.45, 7) is 2.31. The molecular formula is C19H19N3O5. The van der Waals surface area contributed by atoms with Crippen molar-refractivity contribution in [3.8, 4) is 5.69 Å². The predicted molar refractivity (Wildman–Crippen MR) is 96.9 cm³/mol. The van der Waals surface area contributed by atoms with Crippen LogP contribution < -0.4 is 5.32 Å². The highest BCUT2D eigenvalue weighted by Crippen LogP contribution is 2.17. The van der Waals surface area contributed by atoms with E-state index < -0.39 is 5.97 Å². The van der Waals surface area contributed by atoms with Crippen LogP contribution in [0, 0.1) is 0 Å². The number of nitrogens with zero attached hydrogens (tertiary/aromatic N) is 2. The molecule has 0 atom stereocenters. The van der Waals surface area contributed by atoms with E-state index in [-0.39, 0.29) is 24.0 Å². The Morgan fingerprint density at radius 2 is 2.07 bits per heavy atom. The standard InChI is InChI=1S/C19H19N3O5/c1-3-26-19(24)16-9-10-22(21-16)14-6-4-5-13(11-14)20-18(23)17-8-7-15(27-17)12-25-2/h4-11H,3,12H2,1-2H3,(H,20,23). The summed E-state index contributed by atoms with van der Waals surface area (Å²) in [6, 6.07) is 11.9. The average molecular weight is 369 g/mol. The number of anilines is 1. The first-order valence-electron chi connectivity index (χ1n) is 8.33. The molecule has 1 N–H and O–H groups in total. The average Bonchev–Trinajstić information content (AvgIpc) is 3.32. The Bertz CT molecular complexity index is 944. The lowest BCUT2D eigenvalue weighted by atomic mass is 10.2. The van der Waals surface area contributed by atoms with Gasteiger partial charge >= 0.3 is 5.97 Å². The van der Waals surface area contributed by atoms with Crippen molar-refractivity contribution >= 4 is 17.6 Å². The summed E-state index contributed by atoms with van der Waals surface area (Å²) >= 11 is 0. The number of rotatable bonds is 7. The summed E-state index contributed by atoms with van der Waals surface area (Å²) < 4.78 is 16.9. The molecule has 0 saturated heterocycles. The van der Waals surface area contributed by atoms with Crippen LogP contribution >= 0.6 is 0 Å². The highest BCUT2D eigenvalue weighted by molar-refractivity contribution is 6.02. The number of benzene rings is 1. The Hall–Kier alpha value is -3.39. The van der Waals surface area contributed by atoms with Gasteiger partial charge in [-0.05, 0) is 43.3 Å². The summed E-state index contributed by atoms with van der Waals surface area (Å²) in [6.07, 6.45) is 1.65. The van der Waals surface area contributed by atoms with Crippen molar-refractivity contribution < 1.29 is 23.5 Å². The summed E-state index contributed by atoms with van der Waals surface area (Å²) in [7, 11) is 1.55. The Morgan fingerprint density at radius 3 is 2.85 bits per heavy atom. The zero-order valence-corrected chi connectivity index (χ0v) is 15.0. The lowest BCUT2D eigenvalue weighted by molar-refractivity contribution is 0.0519. The van der Waals surface area contributed by atoms with Gasteiger partial charge in [0.25, 0.3) is 5.91 Å². The molecule has 140 valence electrons. The largest absolute Gasteiger partial charge is 0.461 e. The van der Waals surface area contributed by atoms with Crippen LogP contribution in [0.1, 0.15) is 33.7 Å². The van der Waals surface area contributed by atoms with Gasteiger partial charge in [-0.2, -0.15) is 5.10 Å². The second-order valence-electron chi connectivity index (χ2n) is 5.57. The number of esters is 1. The van der Waals surface area contributed by atoms with Gasteiger partial charge in [0.2, 0.25) is 0 Å². The molecule has 0 fully saturated rings. The van der Waals surface area contributed by atoms with Crippen molar-refractivity contribution in [1.29, 1.82) is 0 Å². The molecule has 2 heterocycles. The van der Waals surface area contributed by atoms with Crippen molar-refractivity contribution in [3.63, 3.8) is 0 Å². The first kappa shape index (κ1) is 18.4. The Labute approximate surface area is 155 Å². The zero-order valence-electron chi connectivity index (χ0n) is 15.0. The minimum absolute atomic E-state index is 0.191. The Balaban J connectivity index is 1.73. The van der Waals surface area contributed by atoms with E-state index in [0.717, 1.165) is 0 Å². The van der Waals surface area contributed by atoms with Gasteiger partial charge in [-0.25, -0.2) is 9.48 Å². The highest BCUT2D eigenvalue weighted by atomic mass is 16.5. The van der Waals surface area contributed by atoms with Crippen molar-refractivity contribution in [2.24, 2.45) is 0 Å². The fraction of sp³-hybridized carbons (Fsp3) is 0.211. The molecule has 0 bridgehead atoms. The molecule has 0 radical (unpaired) electrons. The van der Waals surface area contributed by atoms with E-state index in [0.29, 0.717) is 23.7 Å². The van der Waals surface area contributed by atoms with Crippen molar-refractivity contribution in [3.05, 3.63) is 65.9 Å². The molecule has 0 aliphatic heterocycles. The van der Waals surface area contributed by atoms with Crippen molar-refractivity contribution in [1.82, 2.24) is 9.78 Å². The van der Waals surface area contributed by atoms with E-state index in [2.05, 4.69) is 10.4 Å².